The molecule has 0 aromatic heterocycles. The minimum atomic E-state index is -0.305. The lowest BCUT2D eigenvalue weighted by molar-refractivity contribution is -0.130. The van der Waals surface area contributed by atoms with Gasteiger partial charge in [-0.25, -0.2) is 4.79 Å². The smallest absolute Gasteiger partial charge is 0.341 e. The molecule has 1 heterocycles. The second-order valence-corrected chi connectivity index (χ2v) is 3.65. The fourth-order valence-electron chi connectivity index (χ4n) is 1.38. The van der Waals surface area contributed by atoms with Crippen molar-refractivity contribution in [3.63, 3.8) is 0 Å². The highest BCUT2D eigenvalue weighted by Crippen LogP contribution is 2.15. The number of benzene rings is 1. The first-order chi connectivity index (χ1) is 7.75. The summed E-state index contributed by atoms with van der Waals surface area (Å²) in [6, 6.07) is 7.41. The van der Waals surface area contributed by atoms with Crippen molar-refractivity contribution in [2.45, 2.75) is 13.3 Å². The Morgan fingerprint density at radius 1 is 1.31 bits per heavy atom. The Kier molecular flexibility index (Phi) is 3.05. The van der Waals surface area contributed by atoms with Gasteiger partial charge < -0.3 is 10.1 Å². The lowest BCUT2D eigenvalue weighted by Gasteiger charge is -2.09. The number of allylic oxidation sites excluding steroid dienone is 1. The lowest BCUT2D eigenvalue weighted by Crippen LogP contribution is -2.15. The maximum absolute atomic E-state index is 11.7. The summed E-state index contributed by atoms with van der Waals surface area (Å²) in [7, 11) is 0. The number of hydrogen-bond donors (Lipinski definition) is 1. The van der Waals surface area contributed by atoms with E-state index in [2.05, 4.69) is 5.32 Å². The van der Waals surface area contributed by atoms with Crippen LogP contribution in [0.15, 0.2) is 48.3 Å². The van der Waals surface area contributed by atoms with Crippen LogP contribution in [-0.2, 0) is 4.79 Å². The van der Waals surface area contributed by atoms with Crippen molar-refractivity contribution in [1.29, 1.82) is 0 Å². The van der Waals surface area contributed by atoms with E-state index in [1.54, 1.807) is 24.5 Å². The van der Waals surface area contributed by atoms with Gasteiger partial charge in [0.15, 0.2) is 0 Å². The predicted octanol–water partition coefficient (Wildman–Crippen LogP) is 2.29. The van der Waals surface area contributed by atoms with Crippen LogP contribution in [0.2, 0.25) is 0 Å². The highest BCUT2D eigenvalue weighted by molar-refractivity contribution is 5.90. The number of dihydropyridines is 1. The maximum atomic E-state index is 11.7. The minimum Gasteiger partial charge on any atom is -0.423 e. The molecular weight excluding hydrogens is 202 g/mol. The van der Waals surface area contributed by atoms with Gasteiger partial charge in [0.05, 0.1) is 5.57 Å². The molecule has 1 N–H and O–H groups in total. The van der Waals surface area contributed by atoms with E-state index < -0.39 is 0 Å². The highest BCUT2D eigenvalue weighted by atomic mass is 16.5. The molecular formula is C13H13NO2. The zero-order valence-electron chi connectivity index (χ0n) is 9.07. The average Bonchev–Trinajstić information content (AvgIpc) is 2.33. The molecule has 0 saturated carbocycles. The molecule has 0 aliphatic carbocycles. The molecule has 0 spiro atoms. The number of rotatable bonds is 2. The molecule has 0 radical (unpaired) electrons. The van der Waals surface area contributed by atoms with E-state index in [0.29, 0.717) is 17.7 Å². The SMILES string of the molecule is Cc1ccc(OC(=O)C2=CNC=CC2)cc1. The van der Waals surface area contributed by atoms with E-state index in [4.69, 9.17) is 4.74 Å². The molecule has 0 amide bonds. The van der Waals surface area contributed by atoms with Gasteiger partial charge in [-0.3, -0.25) is 0 Å². The number of hydrogen-bond acceptors (Lipinski definition) is 3. The van der Waals surface area contributed by atoms with Crippen molar-refractivity contribution in [1.82, 2.24) is 5.32 Å². The molecule has 1 aliphatic rings. The number of carbonyl (C=O) groups excluding carboxylic acids is 1. The summed E-state index contributed by atoms with van der Waals surface area (Å²) >= 11 is 0. The second kappa shape index (κ2) is 4.66. The summed E-state index contributed by atoms with van der Waals surface area (Å²) in [5.41, 5.74) is 1.77. The van der Waals surface area contributed by atoms with Crippen molar-refractivity contribution in [3.05, 3.63) is 53.9 Å². The summed E-state index contributed by atoms with van der Waals surface area (Å²) in [6.07, 6.45) is 5.95. The zero-order chi connectivity index (χ0) is 11.4. The van der Waals surface area contributed by atoms with E-state index in [9.17, 15) is 4.79 Å². The van der Waals surface area contributed by atoms with Crippen molar-refractivity contribution in [2.24, 2.45) is 0 Å². The number of carbonyl (C=O) groups is 1. The van der Waals surface area contributed by atoms with Crippen molar-refractivity contribution in [3.8, 4) is 5.75 Å². The van der Waals surface area contributed by atoms with Crippen LogP contribution in [0.4, 0.5) is 0 Å². The van der Waals surface area contributed by atoms with Crippen LogP contribution in [0.3, 0.4) is 0 Å². The van der Waals surface area contributed by atoms with E-state index in [-0.39, 0.29) is 5.97 Å². The van der Waals surface area contributed by atoms with Gasteiger partial charge in [-0.05, 0) is 25.3 Å². The lowest BCUT2D eigenvalue weighted by atomic mass is 10.2. The molecule has 0 fully saturated rings. The van der Waals surface area contributed by atoms with Gasteiger partial charge in [0.1, 0.15) is 5.75 Å². The van der Waals surface area contributed by atoms with Crippen LogP contribution in [0.25, 0.3) is 0 Å². The van der Waals surface area contributed by atoms with Gasteiger partial charge in [-0.2, -0.15) is 0 Å². The van der Waals surface area contributed by atoms with Crippen LogP contribution in [0, 0.1) is 6.92 Å². The van der Waals surface area contributed by atoms with Gasteiger partial charge >= 0.3 is 5.97 Å². The molecule has 0 unspecified atom stereocenters. The third-order valence-electron chi connectivity index (χ3n) is 2.30. The Morgan fingerprint density at radius 3 is 2.69 bits per heavy atom. The summed E-state index contributed by atoms with van der Waals surface area (Å²) < 4.78 is 5.23. The average molecular weight is 215 g/mol. The van der Waals surface area contributed by atoms with Crippen LogP contribution in [-0.4, -0.2) is 5.97 Å². The molecule has 1 aliphatic heterocycles. The molecule has 0 bridgehead atoms. The van der Waals surface area contributed by atoms with Gasteiger partial charge in [0.2, 0.25) is 0 Å². The van der Waals surface area contributed by atoms with Crippen LogP contribution >= 0.6 is 0 Å². The van der Waals surface area contributed by atoms with Crippen LogP contribution in [0.1, 0.15) is 12.0 Å². The molecule has 2 rings (SSSR count). The van der Waals surface area contributed by atoms with Gasteiger partial charge in [-0.1, -0.05) is 23.8 Å². The van der Waals surface area contributed by atoms with Crippen molar-refractivity contribution in [2.75, 3.05) is 0 Å². The van der Waals surface area contributed by atoms with Gasteiger partial charge in [0.25, 0.3) is 0 Å². The topological polar surface area (TPSA) is 38.3 Å². The number of ether oxygens (including phenoxy) is 1. The van der Waals surface area contributed by atoms with Crippen LogP contribution < -0.4 is 10.1 Å². The van der Waals surface area contributed by atoms with Gasteiger partial charge in [-0.15, -0.1) is 0 Å². The second-order valence-electron chi connectivity index (χ2n) is 3.65. The molecule has 0 saturated heterocycles. The summed E-state index contributed by atoms with van der Waals surface area (Å²) in [5, 5.41) is 2.87. The Bertz CT molecular complexity index is 444. The molecule has 0 atom stereocenters. The monoisotopic (exact) mass is 215 g/mol. The van der Waals surface area contributed by atoms with Crippen LogP contribution in [0.5, 0.6) is 5.75 Å². The number of esters is 1. The Balaban J connectivity index is 2.02. The Hall–Kier alpha value is -2.03. The third-order valence-corrected chi connectivity index (χ3v) is 2.30. The Labute approximate surface area is 94.4 Å². The minimum absolute atomic E-state index is 0.305. The first kappa shape index (κ1) is 10.5. The normalized spacial score (nSPS) is 13.9. The zero-order valence-corrected chi connectivity index (χ0v) is 9.07. The van der Waals surface area contributed by atoms with Crippen molar-refractivity contribution >= 4 is 5.97 Å². The highest BCUT2D eigenvalue weighted by Gasteiger charge is 2.12. The standard InChI is InChI=1S/C13H13NO2/c1-10-4-6-12(7-5-10)16-13(15)11-3-2-8-14-9-11/h2,4-9,14H,3H2,1H3. The summed E-state index contributed by atoms with van der Waals surface area (Å²) in [4.78, 5) is 11.7. The van der Waals surface area contributed by atoms with E-state index in [1.807, 2.05) is 25.1 Å². The quantitative estimate of drug-likeness (QED) is 0.607. The molecule has 3 nitrogen and oxygen atoms in total. The predicted molar refractivity (Wildman–Crippen MR) is 61.8 cm³/mol. The molecule has 16 heavy (non-hydrogen) atoms. The fourth-order valence-corrected chi connectivity index (χ4v) is 1.38. The van der Waals surface area contributed by atoms with E-state index >= 15 is 0 Å². The first-order valence-electron chi connectivity index (χ1n) is 5.14. The Morgan fingerprint density at radius 2 is 2.06 bits per heavy atom. The number of nitrogens with one attached hydrogen (secondary N) is 1. The van der Waals surface area contributed by atoms with E-state index in [1.165, 1.54) is 0 Å². The largest absolute Gasteiger partial charge is 0.423 e. The fraction of sp³-hybridized carbons (Fsp3) is 0.154. The first-order valence-corrected chi connectivity index (χ1v) is 5.14. The van der Waals surface area contributed by atoms with E-state index in [0.717, 1.165) is 5.56 Å². The summed E-state index contributed by atoms with van der Waals surface area (Å²) in [5.74, 6) is 0.270. The molecule has 82 valence electrons. The molecule has 3 heteroatoms. The summed E-state index contributed by atoms with van der Waals surface area (Å²) in [6.45, 7) is 1.99. The number of aryl methyl sites for hydroxylation is 1. The molecule has 1 aromatic carbocycles. The van der Waals surface area contributed by atoms with Gasteiger partial charge in [0, 0.05) is 12.6 Å². The third kappa shape index (κ3) is 2.51. The molecule has 1 aromatic rings. The van der Waals surface area contributed by atoms with Crippen molar-refractivity contribution < 1.29 is 9.53 Å². The maximum Gasteiger partial charge on any atom is 0.341 e.